The molecule has 0 radical (unpaired) electrons. The summed E-state index contributed by atoms with van der Waals surface area (Å²) < 4.78 is 11.3. The Morgan fingerprint density at radius 2 is 1.66 bits per heavy atom. The van der Waals surface area contributed by atoms with E-state index in [9.17, 15) is 9.59 Å². The van der Waals surface area contributed by atoms with Gasteiger partial charge in [0.2, 0.25) is 11.8 Å². The minimum atomic E-state index is -0.650. The van der Waals surface area contributed by atoms with Crippen LogP contribution in [0.3, 0.4) is 0 Å². The van der Waals surface area contributed by atoms with Crippen molar-refractivity contribution in [3.63, 3.8) is 0 Å². The van der Waals surface area contributed by atoms with Gasteiger partial charge >= 0.3 is 0 Å². The Morgan fingerprint density at radius 3 is 2.28 bits per heavy atom. The molecule has 0 unspecified atom stereocenters. The van der Waals surface area contributed by atoms with E-state index in [0.29, 0.717) is 23.8 Å². The molecule has 8 heteroatoms. The zero-order valence-electron chi connectivity index (χ0n) is 16.8. The Hall–Kier alpha value is -2.77. The number of carbonyl (C=O) groups is 2. The molecule has 158 valence electrons. The molecule has 2 amide bonds. The van der Waals surface area contributed by atoms with Crippen molar-refractivity contribution in [3.05, 3.63) is 48.5 Å². The molecule has 0 aliphatic rings. The molecular weight excluding hydrogens is 394 g/mol. The molecule has 0 fully saturated rings. The Kier molecular flexibility index (Phi) is 9.99. The van der Waals surface area contributed by atoms with E-state index in [1.807, 2.05) is 39.0 Å². The summed E-state index contributed by atoms with van der Waals surface area (Å²) in [6, 6.07) is 13.6. The van der Waals surface area contributed by atoms with Gasteiger partial charge < -0.3 is 25.8 Å². The molecule has 2 aromatic rings. The van der Waals surface area contributed by atoms with Crippen LogP contribution in [0.2, 0.25) is 0 Å². The maximum atomic E-state index is 12.2. The summed E-state index contributed by atoms with van der Waals surface area (Å²) in [5, 5.41) is 5.28. The van der Waals surface area contributed by atoms with E-state index in [0.717, 1.165) is 5.75 Å². The zero-order valence-corrected chi connectivity index (χ0v) is 17.6. The summed E-state index contributed by atoms with van der Waals surface area (Å²) in [6.45, 7) is 6.03. The van der Waals surface area contributed by atoms with Gasteiger partial charge in [0.05, 0.1) is 24.9 Å². The maximum absolute atomic E-state index is 12.2. The molecule has 0 aliphatic carbocycles. The number of anilines is 1. The molecule has 0 bridgehead atoms. The molecule has 0 saturated carbocycles. The van der Waals surface area contributed by atoms with Crippen molar-refractivity contribution in [1.82, 2.24) is 5.32 Å². The van der Waals surface area contributed by atoms with Crippen LogP contribution in [0, 0.1) is 5.92 Å². The Labute approximate surface area is 177 Å². The topological polar surface area (TPSA) is 103 Å². The fraction of sp³-hybridized carbons (Fsp3) is 0.333. The van der Waals surface area contributed by atoms with E-state index >= 15 is 0 Å². The van der Waals surface area contributed by atoms with Gasteiger partial charge in [-0.2, -0.15) is 0 Å². The highest BCUT2D eigenvalue weighted by atomic mass is 35.5. The van der Waals surface area contributed by atoms with Crippen LogP contribution in [-0.4, -0.2) is 31.0 Å². The largest absolute Gasteiger partial charge is 0.494 e. The fourth-order valence-electron chi connectivity index (χ4n) is 2.34. The lowest BCUT2D eigenvalue weighted by atomic mass is 10.1. The smallest absolute Gasteiger partial charge is 0.243 e. The van der Waals surface area contributed by atoms with Gasteiger partial charge in [-0.1, -0.05) is 26.0 Å². The van der Waals surface area contributed by atoms with E-state index in [-0.39, 0.29) is 36.7 Å². The van der Waals surface area contributed by atoms with Gasteiger partial charge in [0.1, 0.15) is 11.5 Å². The lowest BCUT2D eigenvalue weighted by Crippen LogP contribution is -2.46. The number of ether oxygens (including phenoxy) is 2. The third-order valence-corrected chi connectivity index (χ3v) is 3.97. The molecule has 1 atom stereocenters. The number of rotatable bonds is 9. The second-order valence-electron chi connectivity index (χ2n) is 6.54. The number of nitrogens with one attached hydrogen (secondary N) is 2. The number of amides is 2. The highest BCUT2D eigenvalue weighted by Gasteiger charge is 2.18. The van der Waals surface area contributed by atoms with Crippen molar-refractivity contribution < 1.29 is 19.1 Å². The number of hydrogen-bond donors (Lipinski definition) is 3. The average molecular weight is 422 g/mol. The number of hydrogen-bond acceptors (Lipinski definition) is 5. The van der Waals surface area contributed by atoms with Crippen LogP contribution in [0.5, 0.6) is 17.2 Å². The van der Waals surface area contributed by atoms with Crippen LogP contribution < -0.4 is 25.8 Å². The van der Waals surface area contributed by atoms with E-state index in [4.69, 9.17) is 15.2 Å². The molecule has 0 spiro atoms. The first-order chi connectivity index (χ1) is 13.4. The van der Waals surface area contributed by atoms with Crippen molar-refractivity contribution in [1.29, 1.82) is 0 Å². The number of para-hydroxylation sites is 2. The summed E-state index contributed by atoms with van der Waals surface area (Å²) in [5.41, 5.74) is 6.27. The second-order valence-corrected chi connectivity index (χ2v) is 6.54. The van der Waals surface area contributed by atoms with Crippen LogP contribution in [0.15, 0.2) is 48.5 Å². The van der Waals surface area contributed by atoms with Crippen LogP contribution in [0.25, 0.3) is 0 Å². The van der Waals surface area contributed by atoms with Gasteiger partial charge in [-0.25, -0.2) is 0 Å². The summed E-state index contributed by atoms with van der Waals surface area (Å²) in [4.78, 5) is 24.1. The van der Waals surface area contributed by atoms with Crippen LogP contribution in [0.1, 0.15) is 20.8 Å². The van der Waals surface area contributed by atoms with Crippen LogP contribution >= 0.6 is 12.4 Å². The van der Waals surface area contributed by atoms with Gasteiger partial charge in [0, 0.05) is 0 Å². The van der Waals surface area contributed by atoms with Gasteiger partial charge in [-0.3, -0.25) is 9.59 Å². The van der Waals surface area contributed by atoms with Crippen molar-refractivity contribution in [2.45, 2.75) is 26.8 Å². The number of benzene rings is 2. The van der Waals surface area contributed by atoms with E-state index in [2.05, 4.69) is 10.6 Å². The molecule has 2 aromatic carbocycles. The Balaban J connectivity index is 0.00000420. The van der Waals surface area contributed by atoms with Gasteiger partial charge in [-0.05, 0) is 49.2 Å². The van der Waals surface area contributed by atoms with E-state index in [1.165, 1.54) is 0 Å². The molecule has 4 N–H and O–H groups in total. The van der Waals surface area contributed by atoms with Gasteiger partial charge in [0.15, 0.2) is 5.75 Å². The molecule has 0 saturated heterocycles. The lowest BCUT2D eigenvalue weighted by Gasteiger charge is -2.16. The predicted octanol–water partition coefficient (Wildman–Crippen LogP) is 3.34. The van der Waals surface area contributed by atoms with Crippen molar-refractivity contribution in [2.75, 3.05) is 18.5 Å². The number of carbonyl (C=O) groups excluding carboxylic acids is 2. The Bertz CT molecular complexity index is 797. The Morgan fingerprint density at radius 1 is 1.03 bits per heavy atom. The predicted molar refractivity (Wildman–Crippen MR) is 116 cm³/mol. The number of halogens is 1. The summed E-state index contributed by atoms with van der Waals surface area (Å²) >= 11 is 0. The molecule has 29 heavy (non-hydrogen) atoms. The first kappa shape index (κ1) is 24.3. The first-order valence-corrected chi connectivity index (χ1v) is 9.23. The second kappa shape index (κ2) is 11.9. The highest BCUT2D eigenvalue weighted by molar-refractivity contribution is 5.96. The first-order valence-electron chi connectivity index (χ1n) is 9.23. The summed E-state index contributed by atoms with van der Waals surface area (Å²) in [7, 11) is 0. The molecule has 0 aromatic heterocycles. The third kappa shape index (κ3) is 7.63. The minimum absolute atomic E-state index is 0. The van der Waals surface area contributed by atoms with Crippen LogP contribution in [-0.2, 0) is 9.59 Å². The molecule has 0 aliphatic heterocycles. The maximum Gasteiger partial charge on any atom is 0.243 e. The normalized spacial score (nSPS) is 11.2. The van der Waals surface area contributed by atoms with Crippen LogP contribution in [0.4, 0.5) is 5.69 Å². The van der Waals surface area contributed by atoms with Gasteiger partial charge in [0.25, 0.3) is 0 Å². The SMILES string of the molecule is CCOc1ccc(Oc2ccccc2NC(=O)CNC(=O)[C@@H](N)C(C)C)cc1.Cl. The zero-order chi connectivity index (χ0) is 20.5. The third-order valence-electron chi connectivity index (χ3n) is 3.97. The molecular formula is C21H28ClN3O4. The number of nitrogens with two attached hydrogens (primary N) is 1. The minimum Gasteiger partial charge on any atom is -0.494 e. The van der Waals surface area contributed by atoms with Crippen molar-refractivity contribution in [3.8, 4) is 17.2 Å². The van der Waals surface area contributed by atoms with E-state index < -0.39 is 6.04 Å². The monoisotopic (exact) mass is 421 g/mol. The molecule has 7 nitrogen and oxygen atoms in total. The van der Waals surface area contributed by atoms with Gasteiger partial charge in [-0.15, -0.1) is 12.4 Å². The fourth-order valence-corrected chi connectivity index (χ4v) is 2.34. The standard InChI is InChI=1S/C21H27N3O4.ClH/c1-4-27-15-9-11-16(12-10-15)28-18-8-6-5-7-17(18)24-19(25)13-23-21(26)20(22)14(2)3;/h5-12,14,20H,4,13,22H2,1-3H3,(H,23,26)(H,24,25);1H/t20-;/m0./s1. The quantitative estimate of drug-likeness (QED) is 0.576. The average Bonchev–Trinajstić information content (AvgIpc) is 2.68. The van der Waals surface area contributed by atoms with Crippen molar-refractivity contribution >= 4 is 29.9 Å². The highest BCUT2D eigenvalue weighted by Crippen LogP contribution is 2.30. The summed E-state index contributed by atoms with van der Waals surface area (Å²) in [6.07, 6.45) is 0. The molecule has 0 heterocycles. The van der Waals surface area contributed by atoms with Crippen molar-refractivity contribution in [2.24, 2.45) is 11.7 Å². The lowest BCUT2D eigenvalue weighted by molar-refractivity contribution is -0.125. The molecule has 2 rings (SSSR count). The summed E-state index contributed by atoms with van der Waals surface area (Å²) in [5.74, 6) is 1.13. The van der Waals surface area contributed by atoms with E-state index in [1.54, 1.807) is 30.3 Å².